The Hall–Kier alpha value is -2.29. The summed E-state index contributed by atoms with van der Waals surface area (Å²) in [4.78, 5) is 33.9. The van der Waals surface area contributed by atoms with Crippen LogP contribution < -0.4 is 5.32 Å². The Morgan fingerprint density at radius 1 is 1.24 bits per heavy atom. The van der Waals surface area contributed by atoms with Gasteiger partial charge in [0.05, 0.1) is 19.1 Å². The number of ether oxygens (including phenoxy) is 1. The van der Waals surface area contributed by atoms with Crippen molar-refractivity contribution in [3.05, 3.63) is 47.0 Å². The van der Waals surface area contributed by atoms with Gasteiger partial charge in [-0.2, -0.15) is 0 Å². The van der Waals surface area contributed by atoms with E-state index in [4.69, 9.17) is 4.74 Å². The zero-order valence-corrected chi connectivity index (χ0v) is 17.2. The number of anilines is 1. The molecule has 0 saturated carbocycles. The third-order valence-electron chi connectivity index (χ3n) is 5.43. The standard InChI is InChI=1S/C21H26N4O3S/c26-19(23-21-22-6-12-29-21)18-5-2-7-25(15-18)20(27)17-4-1-3-16(13-17)14-24-8-10-28-11-9-24/h1,3-4,6,12-13,18H,2,5,7-11,14-15H2,(H,22,23,26). The zero-order chi connectivity index (χ0) is 20.1. The zero-order valence-electron chi connectivity index (χ0n) is 16.4. The summed E-state index contributed by atoms with van der Waals surface area (Å²) in [6.07, 6.45) is 3.29. The van der Waals surface area contributed by atoms with E-state index in [1.165, 1.54) is 11.3 Å². The number of amides is 2. The van der Waals surface area contributed by atoms with Gasteiger partial charge in [0.1, 0.15) is 0 Å². The fourth-order valence-corrected chi connectivity index (χ4v) is 4.40. The number of morpholine rings is 1. The van der Waals surface area contributed by atoms with Gasteiger partial charge in [-0.25, -0.2) is 4.98 Å². The second-order valence-corrected chi connectivity index (χ2v) is 8.40. The monoisotopic (exact) mass is 414 g/mol. The normalized spacial score (nSPS) is 20.4. The van der Waals surface area contributed by atoms with Crippen molar-refractivity contribution in [1.82, 2.24) is 14.8 Å². The van der Waals surface area contributed by atoms with Crippen LogP contribution in [0.1, 0.15) is 28.8 Å². The van der Waals surface area contributed by atoms with Crippen molar-refractivity contribution in [3.63, 3.8) is 0 Å². The Kier molecular flexibility index (Phi) is 6.53. The Bertz CT molecular complexity index is 836. The van der Waals surface area contributed by atoms with Crippen molar-refractivity contribution >= 4 is 28.3 Å². The van der Waals surface area contributed by atoms with Gasteiger partial charge in [0.2, 0.25) is 5.91 Å². The number of carbonyl (C=O) groups excluding carboxylic acids is 2. The molecule has 8 heteroatoms. The van der Waals surface area contributed by atoms with Gasteiger partial charge in [0.25, 0.3) is 5.91 Å². The minimum Gasteiger partial charge on any atom is -0.379 e. The summed E-state index contributed by atoms with van der Waals surface area (Å²) in [6, 6.07) is 7.85. The quantitative estimate of drug-likeness (QED) is 0.814. The average Bonchev–Trinajstić information content (AvgIpc) is 3.27. The Balaban J connectivity index is 1.38. The maximum atomic E-state index is 13.1. The maximum absolute atomic E-state index is 13.1. The van der Waals surface area contributed by atoms with Gasteiger partial charge in [-0.05, 0) is 30.5 Å². The third-order valence-corrected chi connectivity index (χ3v) is 6.11. The van der Waals surface area contributed by atoms with Gasteiger partial charge in [-0.1, -0.05) is 12.1 Å². The van der Waals surface area contributed by atoms with Gasteiger partial charge in [-0.15, -0.1) is 11.3 Å². The van der Waals surface area contributed by atoms with Crippen LogP contribution in [0.3, 0.4) is 0 Å². The number of benzene rings is 1. The van der Waals surface area contributed by atoms with Gasteiger partial charge < -0.3 is 15.0 Å². The van der Waals surface area contributed by atoms with E-state index >= 15 is 0 Å². The molecule has 1 aromatic carbocycles. The number of likely N-dealkylation sites (tertiary alicyclic amines) is 1. The number of aromatic nitrogens is 1. The first-order valence-corrected chi connectivity index (χ1v) is 11.0. The van der Waals surface area contributed by atoms with Crippen LogP contribution in [0.4, 0.5) is 5.13 Å². The molecule has 2 aliphatic heterocycles. The van der Waals surface area contributed by atoms with Gasteiger partial charge >= 0.3 is 0 Å². The highest BCUT2D eigenvalue weighted by atomic mass is 32.1. The van der Waals surface area contributed by atoms with E-state index in [2.05, 4.69) is 21.3 Å². The lowest BCUT2D eigenvalue weighted by Crippen LogP contribution is -2.43. The summed E-state index contributed by atoms with van der Waals surface area (Å²) >= 11 is 1.40. The van der Waals surface area contributed by atoms with E-state index in [0.29, 0.717) is 23.8 Å². The molecule has 2 aliphatic rings. The van der Waals surface area contributed by atoms with Crippen LogP contribution in [0, 0.1) is 5.92 Å². The molecule has 7 nitrogen and oxygen atoms in total. The molecule has 2 aromatic rings. The summed E-state index contributed by atoms with van der Waals surface area (Å²) in [5.41, 5.74) is 1.82. The second-order valence-electron chi connectivity index (χ2n) is 7.51. The fourth-order valence-electron chi connectivity index (χ4n) is 3.87. The molecule has 0 aliphatic carbocycles. The molecule has 2 saturated heterocycles. The molecule has 29 heavy (non-hydrogen) atoms. The molecule has 1 unspecified atom stereocenters. The molecule has 0 spiro atoms. The van der Waals surface area contributed by atoms with Crippen molar-refractivity contribution in [2.75, 3.05) is 44.7 Å². The molecular weight excluding hydrogens is 388 g/mol. The first-order valence-electron chi connectivity index (χ1n) is 10.1. The molecule has 0 radical (unpaired) electrons. The SMILES string of the molecule is O=C(Nc1nccs1)C1CCCN(C(=O)c2cccc(CN3CCOCC3)c2)C1. The van der Waals surface area contributed by atoms with Crippen molar-refractivity contribution in [3.8, 4) is 0 Å². The number of nitrogens with one attached hydrogen (secondary N) is 1. The van der Waals surface area contributed by atoms with Crippen LogP contribution in [0.15, 0.2) is 35.8 Å². The van der Waals surface area contributed by atoms with Crippen LogP contribution >= 0.6 is 11.3 Å². The molecule has 0 bridgehead atoms. The Morgan fingerprint density at radius 3 is 2.90 bits per heavy atom. The van der Waals surface area contributed by atoms with E-state index in [1.807, 2.05) is 28.5 Å². The summed E-state index contributed by atoms with van der Waals surface area (Å²) in [6.45, 7) is 5.31. The van der Waals surface area contributed by atoms with Crippen LogP contribution in [-0.4, -0.2) is 66.0 Å². The Morgan fingerprint density at radius 2 is 2.10 bits per heavy atom. The molecule has 3 heterocycles. The van der Waals surface area contributed by atoms with Gasteiger partial charge in [0, 0.05) is 49.9 Å². The van der Waals surface area contributed by atoms with Crippen molar-refractivity contribution in [2.24, 2.45) is 5.92 Å². The number of hydrogen-bond acceptors (Lipinski definition) is 6. The molecule has 2 amide bonds. The summed E-state index contributed by atoms with van der Waals surface area (Å²) < 4.78 is 5.40. The van der Waals surface area contributed by atoms with Gasteiger partial charge in [0.15, 0.2) is 5.13 Å². The van der Waals surface area contributed by atoms with Crippen molar-refractivity contribution < 1.29 is 14.3 Å². The van der Waals surface area contributed by atoms with Crippen LogP contribution in [0.25, 0.3) is 0 Å². The lowest BCUT2D eigenvalue weighted by molar-refractivity contribution is -0.121. The number of nitrogens with zero attached hydrogens (tertiary/aromatic N) is 3. The topological polar surface area (TPSA) is 74.8 Å². The fraction of sp³-hybridized carbons (Fsp3) is 0.476. The predicted molar refractivity (Wildman–Crippen MR) is 112 cm³/mol. The molecule has 4 rings (SSSR count). The number of piperidine rings is 1. The minimum absolute atomic E-state index is 0.000533. The number of rotatable bonds is 5. The Labute approximate surface area is 174 Å². The minimum atomic E-state index is -0.201. The number of thiazole rings is 1. The first-order chi connectivity index (χ1) is 14.2. The molecule has 2 fully saturated rings. The lowest BCUT2D eigenvalue weighted by atomic mass is 9.96. The summed E-state index contributed by atoms with van der Waals surface area (Å²) in [5, 5.41) is 5.30. The molecule has 1 atom stereocenters. The highest BCUT2D eigenvalue weighted by Gasteiger charge is 2.29. The third kappa shape index (κ3) is 5.20. The number of hydrogen-bond donors (Lipinski definition) is 1. The van der Waals surface area contributed by atoms with Crippen LogP contribution in [0.2, 0.25) is 0 Å². The van der Waals surface area contributed by atoms with Gasteiger partial charge in [-0.3, -0.25) is 14.5 Å². The van der Waals surface area contributed by atoms with Crippen LogP contribution in [0.5, 0.6) is 0 Å². The molecule has 154 valence electrons. The summed E-state index contributed by atoms with van der Waals surface area (Å²) in [5.74, 6) is -0.257. The lowest BCUT2D eigenvalue weighted by Gasteiger charge is -2.32. The maximum Gasteiger partial charge on any atom is 0.253 e. The average molecular weight is 415 g/mol. The smallest absolute Gasteiger partial charge is 0.253 e. The van der Waals surface area contributed by atoms with Crippen LogP contribution in [-0.2, 0) is 16.1 Å². The van der Waals surface area contributed by atoms with Crippen molar-refractivity contribution in [2.45, 2.75) is 19.4 Å². The highest BCUT2D eigenvalue weighted by Crippen LogP contribution is 2.22. The van der Waals surface area contributed by atoms with E-state index in [-0.39, 0.29) is 17.7 Å². The van der Waals surface area contributed by atoms with E-state index in [9.17, 15) is 9.59 Å². The number of carbonyl (C=O) groups is 2. The summed E-state index contributed by atoms with van der Waals surface area (Å²) in [7, 11) is 0. The predicted octanol–water partition coefficient (Wildman–Crippen LogP) is 2.47. The molecule has 1 N–H and O–H groups in total. The first kappa shape index (κ1) is 20.0. The largest absolute Gasteiger partial charge is 0.379 e. The van der Waals surface area contributed by atoms with E-state index in [0.717, 1.165) is 51.3 Å². The molecule has 1 aromatic heterocycles. The molecular formula is C21H26N4O3S. The second kappa shape index (κ2) is 9.47. The van der Waals surface area contributed by atoms with E-state index < -0.39 is 0 Å². The van der Waals surface area contributed by atoms with E-state index in [1.54, 1.807) is 6.20 Å². The highest BCUT2D eigenvalue weighted by molar-refractivity contribution is 7.13. The van der Waals surface area contributed by atoms with Crippen molar-refractivity contribution in [1.29, 1.82) is 0 Å².